The molecule has 0 aliphatic carbocycles. The smallest absolute Gasteiger partial charge is 0.146 e. The summed E-state index contributed by atoms with van der Waals surface area (Å²) in [5, 5.41) is 5.96. The second-order valence-corrected chi connectivity index (χ2v) is 9.21. The minimum Gasteiger partial charge on any atom is -0.379 e. The van der Waals surface area contributed by atoms with E-state index in [2.05, 4.69) is 53.3 Å². The zero-order valence-electron chi connectivity index (χ0n) is 18.0. The van der Waals surface area contributed by atoms with E-state index in [1.54, 1.807) is 11.3 Å². The Bertz CT molecular complexity index is 1210. The molecule has 0 atom stereocenters. The molecule has 6 nitrogen and oxygen atoms in total. The molecule has 0 spiro atoms. The standard InChI is InChI=1S/C24H27N5OS/c1-16-17(2)31-24-21(16)23(27-20(28-24)15-29-11-13-30-14-12-29)26-10-8-19-6-3-5-18-7-4-9-25-22(18)19/h3-7,9H,8,10-15H2,1-2H3,(H,26,27,28). The summed E-state index contributed by atoms with van der Waals surface area (Å²) in [6.45, 7) is 9.31. The lowest BCUT2D eigenvalue weighted by Crippen LogP contribution is -2.36. The molecule has 1 N–H and O–H groups in total. The van der Waals surface area contributed by atoms with E-state index in [0.29, 0.717) is 0 Å². The van der Waals surface area contributed by atoms with Crippen LogP contribution in [0.1, 0.15) is 21.8 Å². The molecule has 4 heterocycles. The van der Waals surface area contributed by atoms with Crippen molar-refractivity contribution in [3.8, 4) is 0 Å². The quantitative estimate of drug-likeness (QED) is 0.488. The molecule has 160 valence electrons. The number of aromatic nitrogens is 3. The van der Waals surface area contributed by atoms with Gasteiger partial charge < -0.3 is 10.1 Å². The van der Waals surface area contributed by atoms with Crippen LogP contribution in [0.2, 0.25) is 0 Å². The van der Waals surface area contributed by atoms with E-state index in [1.807, 2.05) is 12.3 Å². The Morgan fingerprint density at radius 2 is 1.94 bits per heavy atom. The van der Waals surface area contributed by atoms with Crippen LogP contribution in [0.5, 0.6) is 0 Å². The van der Waals surface area contributed by atoms with Crippen molar-refractivity contribution in [2.45, 2.75) is 26.8 Å². The highest BCUT2D eigenvalue weighted by molar-refractivity contribution is 7.18. The lowest BCUT2D eigenvalue weighted by atomic mass is 10.1. The molecule has 0 amide bonds. The van der Waals surface area contributed by atoms with Gasteiger partial charge in [-0.15, -0.1) is 11.3 Å². The van der Waals surface area contributed by atoms with Crippen LogP contribution in [0.3, 0.4) is 0 Å². The van der Waals surface area contributed by atoms with E-state index in [0.717, 1.165) is 73.2 Å². The van der Waals surface area contributed by atoms with Crippen LogP contribution in [0.25, 0.3) is 21.1 Å². The molecule has 31 heavy (non-hydrogen) atoms. The second kappa shape index (κ2) is 8.86. The van der Waals surface area contributed by atoms with Gasteiger partial charge in [0.2, 0.25) is 0 Å². The van der Waals surface area contributed by atoms with E-state index in [-0.39, 0.29) is 0 Å². The molecule has 1 saturated heterocycles. The van der Waals surface area contributed by atoms with E-state index in [1.165, 1.54) is 21.4 Å². The van der Waals surface area contributed by atoms with Crippen molar-refractivity contribution >= 4 is 38.3 Å². The molecular weight excluding hydrogens is 406 g/mol. The van der Waals surface area contributed by atoms with Crippen molar-refractivity contribution in [2.24, 2.45) is 0 Å². The van der Waals surface area contributed by atoms with Gasteiger partial charge in [-0.2, -0.15) is 0 Å². The third-order valence-electron chi connectivity index (χ3n) is 5.95. The molecule has 0 saturated carbocycles. The fourth-order valence-corrected chi connectivity index (χ4v) is 5.18. The summed E-state index contributed by atoms with van der Waals surface area (Å²) in [4.78, 5) is 19.2. The van der Waals surface area contributed by atoms with Crippen LogP contribution >= 0.6 is 11.3 Å². The first-order valence-corrected chi connectivity index (χ1v) is 11.6. The number of nitrogens with one attached hydrogen (secondary N) is 1. The molecule has 1 fully saturated rings. The minimum absolute atomic E-state index is 0.761. The third-order valence-corrected chi connectivity index (χ3v) is 7.05. The number of pyridine rings is 1. The summed E-state index contributed by atoms with van der Waals surface area (Å²) in [6, 6.07) is 10.5. The van der Waals surface area contributed by atoms with E-state index < -0.39 is 0 Å². The fraction of sp³-hybridized carbons (Fsp3) is 0.375. The van der Waals surface area contributed by atoms with Crippen molar-refractivity contribution in [2.75, 3.05) is 38.2 Å². The number of rotatable bonds is 6. The van der Waals surface area contributed by atoms with E-state index >= 15 is 0 Å². The van der Waals surface area contributed by atoms with Gasteiger partial charge >= 0.3 is 0 Å². The van der Waals surface area contributed by atoms with Gasteiger partial charge in [0, 0.05) is 36.1 Å². The maximum Gasteiger partial charge on any atom is 0.146 e. The predicted octanol–water partition coefficient (Wildman–Crippen LogP) is 4.34. The van der Waals surface area contributed by atoms with Gasteiger partial charge in [0.1, 0.15) is 16.5 Å². The average molecular weight is 434 g/mol. The average Bonchev–Trinajstić information content (AvgIpc) is 3.08. The topological polar surface area (TPSA) is 63.2 Å². The molecular formula is C24H27N5OS. The number of hydrogen-bond acceptors (Lipinski definition) is 7. The van der Waals surface area contributed by atoms with Crippen LogP contribution in [0, 0.1) is 13.8 Å². The van der Waals surface area contributed by atoms with Crippen molar-refractivity contribution in [1.29, 1.82) is 0 Å². The number of para-hydroxylation sites is 1. The number of ether oxygens (including phenoxy) is 1. The van der Waals surface area contributed by atoms with E-state index in [4.69, 9.17) is 14.7 Å². The molecule has 1 aliphatic heterocycles. The number of morpholine rings is 1. The lowest BCUT2D eigenvalue weighted by molar-refractivity contribution is 0.0331. The van der Waals surface area contributed by atoms with E-state index in [9.17, 15) is 0 Å². The molecule has 3 aromatic heterocycles. The molecule has 1 aliphatic rings. The maximum atomic E-state index is 5.48. The van der Waals surface area contributed by atoms with Crippen LogP contribution in [-0.2, 0) is 17.7 Å². The van der Waals surface area contributed by atoms with Crippen LogP contribution in [-0.4, -0.2) is 52.7 Å². The number of aryl methyl sites for hydroxylation is 2. The Morgan fingerprint density at radius 1 is 1.10 bits per heavy atom. The number of hydrogen-bond donors (Lipinski definition) is 1. The number of nitrogens with zero attached hydrogens (tertiary/aromatic N) is 4. The predicted molar refractivity (Wildman–Crippen MR) is 127 cm³/mol. The fourth-order valence-electron chi connectivity index (χ4n) is 4.14. The van der Waals surface area contributed by atoms with Gasteiger partial charge in [0.25, 0.3) is 0 Å². The van der Waals surface area contributed by atoms with Crippen molar-refractivity contribution in [3.05, 3.63) is 58.4 Å². The highest BCUT2D eigenvalue weighted by Gasteiger charge is 2.17. The second-order valence-electron chi connectivity index (χ2n) is 8.01. The summed E-state index contributed by atoms with van der Waals surface area (Å²) in [5.41, 5.74) is 3.60. The minimum atomic E-state index is 0.761. The molecule has 0 unspecified atom stereocenters. The molecule has 0 bridgehead atoms. The summed E-state index contributed by atoms with van der Waals surface area (Å²) in [7, 11) is 0. The number of fused-ring (bicyclic) bond motifs is 2. The molecule has 4 aromatic rings. The van der Waals surface area contributed by atoms with Crippen molar-refractivity contribution in [1.82, 2.24) is 19.9 Å². The SMILES string of the molecule is Cc1sc2nc(CN3CCOCC3)nc(NCCc3cccc4cccnc34)c2c1C. The Labute approximate surface area is 186 Å². The number of thiophene rings is 1. The molecule has 7 heteroatoms. The Kier molecular flexibility index (Phi) is 5.80. The van der Waals surface area contributed by atoms with Gasteiger partial charge in [-0.05, 0) is 37.5 Å². The van der Waals surface area contributed by atoms with Crippen molar-refractivity contribution < 1.29 is 4.74 Å². The van der Waals surface area contributed by atoms with Gasteiger partial charge in [0.15, 0.2) is 0 Å². The largest absolute Gasteiger partial charge is 0.379 e. The summed E-state index contributed by atoms with van der Waals surface area (Å²) in [5.74, 6) is 1.83. The highest BCUT2D eigenvalue weighted by atomic mass is 32.1. The lowest BCUT2D eigenvalue weighted by Gasteiger charge is -2.25. The third kappa shape index (κ3) is 4.26. The van der Waals surface area contributed by atoms with Crippen molar-refractivity contribution in [3.63, 3.8) is 0 Å². The Balaban J connectivity index is 1.39. The Morgan fingerprint density at radius 3 is 2.81 bits per heavy atom. The molecule has 5 rings (SSSR count). The van der Waals surface area contributed by atoms with Gasteiger partial charge in [-0.3, -0.25) is 9.88 Å². The molecule has 1 aromatic carbocycles. The normalized spacial score (nSPS) is 15.0. The van der Waals surface area contributed by atoms with Crippen LogP contribution in [0.15, 0.2) is 36.5 Å². The first-order chi connectivity index (χ1) is 15.2. The van der Waals surface area contributed by atoms with Gasteiger partial charge in [-0.1, -0.05) is 24.3 Å². The first-order valence-electron chi connectivity index (χ1n) is 10.8. The van der Waals surface area contributed by atoms with Crippen LogP contribution < -0.4 is 5.32 Å². The molecule has 0 radical (unpaired) electrons. The van der Waals surface area contributed by atoms with Gasteiger partial charge in [-0.25, -0.2) is 9.97 Å². The summed E-state index contributed by atoms with van der Waals surface area (Å²) >= 11 is 1.76. The Hall–Kier alpha value is -2.61. The highest BCUT2D eigenvalue weighted by Crippen LogP contribution is 2.33. The zero-order chi connectivity index (χ0) is 21.2. The zero-order valence-corrected chi connectivity index (χ0v) is 18.8. The first kappa shape index (κ1) is 20.3. The summed E-state index contributed by atoms with van der Waals surface area (Å²) in [6.07, 6.45) is 2.75. The number of benzene rings is 1. The monoisotopic (exact) mass is 433 g/mol. The summed E-state index contributed by atoms with van der Waals surface area (Å²) < 4.78 is 5.48. The van der Waals surface area contributed by atoms with Crippen LogP contribution in [0.4, 0.5) is 5.82 Å². The van der Waals surface area contributed by atoms with Gasteiger partial charge in [0.05, 0.1) is 30.7 Å². The maximum absolute atomic E-state index is 5.48. The number of anilines is 1.